The minimum Gasteiger partial charge on any atom is -0.493 e. The molecule has 38 heavy (non-hydrogen) atoms. The van der Waals surface area contributed by atoms with E-state index in [1.807, 2.05) is 0 Å². The van der Waals surface area contributed by atoms with E-state index < -0.39 is 17.5 Å². The highest BCUT2D eigenvalue weighted by molar-refractivity contribution is 5.98. The van der Waals surface area contributed by atoms with E-state index in [0.717, 1.165) is 0 Å². The summed E-state index contributed by atoms with van der Waals surface area (Å²) >= 11 is 0. The number of fused-ring (bicyclic) bond motifs is 1. The average molecular weight is 516 g/mol. The zero-order valence-corrected chi connectivity index (χ0v) is 19.9. The predicted molar refractivity (Wildman–Crippen MR) is 133 cm³/mol. The number of amides is 2. The molecule has 2 amide bonds. The topological polar surface area (TPSA) is 170 Å². The molecule has 0 atom stereocenters. The van der Waals surface area contributed by atoms with Gasteiger partial charge in [-0.3, -0.25) is 14.6 Å². The Labute approximate surface area is 213 Å². The zero-order chi connectivity index (χ0) is 26.8. The highest BCUT2D eigenvalue weighted by atomic mass is 19.1. The lowest BCUT2D eigenvalue weighted by molar-refractivity contribution is 0.0942. The second-order valence-electron chi connectivity index (χ2n) is 8.45. The van der Waals surface area contributed by atoms with Crippen molar-refractivity contribution in [2.24, 2.45) is 0 Å². The number of hydrogen-bond acceptors (Lipinski definition) is 7. The highest BCUT2D eigenvalue weighted by Gasteiger charge is 2.18. The molecule has 3 aromatic heterocycles. The number of nitrogens with one attached hydrogen (secondary N) is 4. The normalized spacial score (nSPS) is 11.0. The zero-order valence-electron chi connectivity index (χ0n) is 19.9. The molecule has 0 radical (unpaired) electrons. The monoisotopic (exact) mass is 516 g/mol. The lowest BCUT2D eigenvalue weighted by atomic mass is 10.1. The summed E-state index contributed by atoms with van der Waals surface area (Å²) in [6.07, 6.45) is 1.22. The number of aromatic nitrogens is 6. The molecule has 0 fully saturated rings. The third kappa shape index (κ3) is 4.97. The van der Waals surface area contributed by atoms with Crippen LogP contribution in [0, 0.1) is 12.7 Å². The van der Waals surface area contributed by atoms with Gasteiger partial charge >= 0.3 is 5.69 Å². The summed E-state index contributed by atoms with van der Waals surface area (Å²) in [4.78, 5) is 50.3. The second kappa shape index (κ2) is 9.97. The van der Waals surface area contributed by atoms with Crippen LogP contribution in [0.15, 0.2) is 59.7 Å². The first-order valence-corrected chi connectivity index (χ1v) is 11.4. The van der Waals surface area contributed by atoms with Crippen LogP contribution >= 0.6 is 0 Å². The van der Waals surface area contributed by atoms with Crippen molar-refractivity contribution < 1.29 is 19.1 Å². The van der Waals surface area contributed by atoms with E-state index in [-0.39, 0.29) is 47.6 Å². The van der Waals surface area contributed by atoms with E-state index in [0.29, 0.717) is 22.3 Å². The largest absolute Gasteiger partial charge is 0.493 e. The van der Waals surface area contributed by atoms with Crippen molar-refractivity contribution in [3.05, 3.63) is 99.2 Å². The van der Waals surface area contributed by atoms with E-state index in [9.17, 15) is 23.9 Å². The summed E-state index contributed by atoms with van der Waals surface area (Å²) in [5.41, 5.74) is 2.09. The van der Waals surface area contributed by atoms with Gasteiger partial charge in [0.2, 0.25) is 5.88 Å². The van der Waals surface area contributed by atoms with Crippen molar-refractivity contribution in [3.8, 4) is 17.1 Å². The number of H-pyrrole nitrogens is 2. The molecule has 13 heteroatoms. The Morgan fingerprint density at radius 3 is 2.53 bits per heavy atom. The quantitative estimate of drug-likeness (QED) is 0.220. The summed E-state index contributed by atoms with van der Waals surface area (Å²) in [6, 6.07) is 12.7. The van der Waals surface area contributed by atoms with Crippen LogP contribution in [0.5, 0.6) is 5.88 Å². The Morgan fingerprint density at radius 2 is 1.79 bits per heavy atom. The van der Waals surface area contributed by atoms with Gasteiger partial charge < -0.3 is 20.7 Å². The van der Waals surface area contributed by atoms with Gasteiger partial charge in [-0.2, -0.15) is 14.6 Å². The van der Waals surface area contributed by atoms with Crippen LogP contribution in [-0.4, -0.2) is 46.5 Å². The Kier molecular flexibility index (Phi) is 6.39. The van der Waals surface area contributed by atoms with Crippen LogP contribution in [0.1, 0.15) is 37.7 Å². The summed E-state index contributed by atoms with van der Waals surface area (Å²) < 4.78 is 14.8. The van der Waals surface area contributed by atoms with Gasteiger partial charge in [0.15, 0.2) is 0 Å². The molecule has 3 heterocycles. The molecule has 5 N–H and O–H groups in total. The number of aryl methyl sites for hydroxylation is 1. The van der Waals surface area contributed by atoms with Gasteiger partial charge in [0.05, 0.1) is 0 Å². The number of rotatable bonds is 7. The third-order valence-corrected chi connectivity index (χ3v) is 5.77. The smallest absolute Gasteiger partial charge is 0.326 e. The van der Waals surface area contributed by atoms with Gasteiger partial charge in [0.25, 0.3) is 17.6 Å². The first-order valence-electron chi connectivity index (χ1n) is 11.4. The van der Waals surface area contributed by atoms with Crippen molar-refractivity contribution in [1.82, 2.24) is 40.2 Å². The van der Waals surface area contributed by atoms with Crippen LogP contribution < -0.4 is 16.3 Å². The number of carbonyl (C=O) groups excluding carboxylic acids is 2. The third-order valence-electron chi connectivity index (χ3n) is 5.77. The molecule has 0 aliphatic heterocycles. The van der Waals surface area contributed by atoms with Gasteiger partial charge in [-0.25, -0.2) is 14.2 Å². The van der Waals surface area contributed by atoms with Gasteiger partial charge in [0.1, 0.15) is 29.2 Å². The van der Waals surface area contributed by atoms with Gasteiger partial charge in [-0.05, 0) is 35.7 Å². The van der Waals surface area contributed by atoms with Crippen LogP contribution in [0.3, 0.4) is 0 Å². The van der Waals surface area contributed by atoms with Crippen molar-refractivity contribution in [3.63, 3.8) is 0 Å². The number of nitrogens with zero attached hydrogens (tertiary/aromatic N) is 4. The van der Waals surface area contributed by atoms with Crippen molar-refractivity contribution in [2.75, 3.05) is 0 Å². The first-order chi connectivity index (χ1) is 18.3. The summed E-state index contributed by atoms with van der Waals surface area (Å²) in [7, 11) is 0. The number of aromatic hydroxyl groups is 1. The van der Waals surface area contributed by atoms with Crippen LogP contribution in [0.2, 0.25) is 0 Å². The lowest BCUT2D eigenvalue weighted by Crippen LogP contribution is -2.28. The molecule has 0 aliphatic rings. The number of imidazole rings is 1. The molecule has 0 bridgehead atoms. The molecular weight excluding hydrogens is 495 g/mol. The maximum Gasteiger partial charge on any atom is 0.326 e. The number of hydrogen-bond donors (Lipinski definition) is 5. The number of carbonyl (C=O) groups is 2. The fourth-order valence-electron chi connectivity index (χ4n) is 3.87. The molecule has 0 saturated carbocycles. The van der Waals surface area contributed by atoms with Crippen LogP contribution in [-0.2, 0) is 13.1 Å². The fraction of sp³-hybridized carbons (Fsp3) is 0.120. The van der Waals surface area contributed by atoms with E-state index in [1.54, 1.807) is 43.3 Å². The number of benzene rings is 2. The summed E-state index contributed by atoms with van der Waals surface area (Å²) in [5.74, 6) is -1.64. The van der Waals surface area contributed by atoms with Gasteiger partial charge in [-0.15, -0.1) is 0 Å². The van der Waals surface area contributed by atoms with E-state index >= 15 is 0 Å². The van der Waals surface area contributed by atoms with Crippen LogP contribution in [0.4, 0.5) is 4.39 Å². The standard InChI is InChI=1S/C25H21FN8O4/c1-13-7-15(5-6-17(13)26)11-28-22(36)19-9-18(31-24-29-12-30-34(19)24)21(35)27-10-14-3-2-4-16(8-14)20-23(37)33-25(38)32-20/h2-9,12,37H,10-11H2,1H3,(H,27,35)(H,28,36)(H2,32,33,38). The minimum atomic E-state index is -0.554. The Hall–Kier alpha value is -5.33. The SMILES string of the molecule is Cc1cc(CNC(=O)c2cc(C(=O)NCc3cccc(-c4[nH]c(=O)[nH]c4O)c3)nc3ncnn23)ccc1F. The Balaban J connectivity index is 1.32. The van der Waals surface area contributed by atoms with Crippen molar-refractivity contribution in [1.29, 1.82) is 0 Å². The molecule has 0 aliphatic carbocycles. The number of halogens is 1. The summed E-state index contributed by atoms with van der Waals surface area (Å²) in [6.45, 7) is 1.87. The van der Waals surface area contributed by atoms with Gasteiger partial charge in [0, 0.05) is 24.7 Å². The molecule has 0 spiro atoms. The average Bonchev–Trinajstić information content (AvgIpc) is 3.52. The molecule has 192 valence electrons. The van der Waals surface area contributed by atoms with Gasteiger partial charge in [-0.1, -0.05) is 30.3 Å². The molecule has 0 saturated heterocycles. The molecule has 2 aromatic carbocycles. The number of aromatic amines is 2. The maximum atomic E-state index is 13.5. The molecule has 5 aromatic rings. The second-order valence-corrected chi connectivity index (χ2v) is 8.45. The van der Waals surface area contributed by atoms with E-state index in [1.165, 1.54) is 23.0 Å². The van der Waals surface area contributed by atoms with Crippen molar-refractivity contribution >= 4 is 17.6 Å². The predicted octanol–water partition coefficient (Wildman–Crippen LogP) is 1.82. The Bertz CT molecular complexity index is 1740. The van der Waals surface area contributed by atoms with E-state index in [4.69, 9.17) is 0 Å². The highest BCUT2D eigenvalue weighted by Crippen LogP contribution is 2.24. The van der Waals surface area contributed by atoms with Crippen molar-refractivity contribution in [2.45, 2.75) is 20.0 Å². The molecular formula is C25H21FN8O4. The molecule has 0 unspecified atom stereocenters. The first kappa shape index (κ1) is 24.4. The molecule has 5 rings (SSSR count). The lowest BCUT2D eigenvalue weighted by Gasteiger charge is -2.10. The fourth-order valence-corrected chi connectivity index (χ4v) is 3.87. The molecule has 12 nitrogen and oxygen atoms in total. The summed E-state index contributed by atoms with van der Waals surface area (Å²) in [5, 5.41) is 19.4. The maximum absolute atomic E-state index is 13.5. The Morgan fingerprint density at radius 1 is 1.03 bits per heavy atom. The van der Waals surface area contributed by atoms with E-state index in [2.05, 4.69) is 35.7 Å². The minimum absolute atomic E-state index is 0.0444. The van der Waals surface area contributed by atoms with Crippen LogP contribution in [0.25, 0.3) is 17.0 Å².